The van der Waals surface area contributed by atoms with E-state index in [1.807, 2.05) is 5.32 Å². The van der Waals surface area contributed by atoms with E-state index < -0.39 is 47.5 Å². The van der Waals surface area contributed by atoms with Crippen molar-refractivity contribution in [1.82, 2.24) is 10.6 Å². The van der Waals surface area contributed by atoms with Gasteiger partial charge in [0, 0.05) is 5.56 Å². The first-order valence-electron chi connectivity index (χ1n) is 8.05. The molecule has 2 N–H and O–H groups in total. The lowest BCUT2D eigenvalue weighted by molar-refractivity contribution is -0.139. The molecule has 2 aliphatic rings. The Morgan fingerprint density at radius 2 is 1.75 bits per heavy atom. The van der Waals surface area contributed by atoms with E-state index in [-0.39, 0.29) is 16.8 Å². The molecular formula is C18H11F4N3O3. The Labute approximate surface area is 155 Å². The normalized spacial score (nSPS) is 21.1. The summed E-state index contributed by atoms with van der Waals surface area (Å²) >= 11 is 0. The van der Waals surface area contributed by atoms with E-state index in [4.69, 9.17) is 0 Å². The molecule has 6 nitrogen and oxygen atoms in total. The number of rotatable bonds is 2. The van der Waals surface area contributed by atoms with Crippen LogP contribution in [0, 0.1) is 5.82 Å². The molecule has 10 heteroatoms. The summed E-state index contributed by atoms with van der Waals surface area (Å²) in [6.07, 6.45) is -4.65. The first-order chi connectivity index (χ1) is 13.1. The van der Waals surface area contributed by atoms with Crippen LogP contribution in [0.15, 0.2) is 42.5 Å². The topological polar surface area (TPSA) is 78.5 Å². The van der Waals surface area contributed by atoms with Gasteiger partial charge >= 0.3 is 12.2 Å². The van der Waals surface area contributed by atoms with E-state index in [0.717, 1.165) is 23.1 Å². The molecule has 0 bridgehead atoms. The number of fused-ring (bicyclic) bond motifs is 2. The van der Waals surface area contributed by atoms with Crippen LogP contribution in [0.2, 0.25) is 0 Å². The van der Waals surface area contributed by atoms with E-state index in [1.54, 1.807) is 0 Å². The predicted octanol–water partition coefficient (Wildman–Crippen LogP) is 2.43. The average Bonchev–Trinajstić information content (AvgIpc) is 3.04. The fourth-order valence-electron chi connectivity index (χ4n) is 3.53. The number of nitrogens with one attached hydrogen (secondary N) is 2. The van der Waals surface area contributed by atoms with Crippen molar-refractivity contribution in [2.45, 2.75) is 18.3 Å². The van der Waals surface area contributed by atoms with Gasteiger partial charge in [0.25, 0.3) is 11.8 Å². The summed E-state index contributed by atoms with van der Waals surface area (Å²) in [5, 5.41) is 4.11. The number of amides is 4. The maximum atomic E-state index is 13.8. The third kappa shape index (κ3) is 2.44. The molecule has 0 saturated carbocycles. The highest BCUT2D eigenvalue weighted by atomic mass is 19.4. The number of halogens is 4. The van der Waals surface area contributed by atoms with Gasteiger partial charge in [-0.2, -0.15) is 13.2 Å². The Balaban J connectivity index is 1.84. The molecule has 28 heavy (non-hydrogen) atoms. The molecule has 0 radical (unpaired) electrons. The first-order valence-corrected chi connectivity index (χ1v) is 8.05. The van der Waals surface area contributed by atoms with Crippen molar-refractivity contribution >= 4 is 23.5 Å². The number of alkyl halides is 3. The van der Waals surface area contributed by atoms with Crippen molar-refractivity contribution in [3.05, 3.63) is 65.0 Å². The summed E-state index contributed by atoms with van der Waals surface area (Å²) < 4.78 is 53.7. The summed E-state index contributed by atoms with van der Waals surface area (Å²) in [5.41, 5.74) is -3.44. The average molecular weight is 393 g/mol. The number of carbonyl (C=O) groups is 3. The van der Waals surface area contributed by atoms with Gasteiger partial charge in [0.05, 0.1) is 17.8 Å². The van der Waals surface area contributed by atoms with Gasteiger partial charge in [0.1, 0.15) is 5.82 Å². The lowest BCUT2D eigenvalue weighted by Crippen LogP contribution is -2.52. The molecular weight excluding hydrogens is 382 g/mol. The molecule has 4 rings (SSSR count). The zero-order chi connectivity index (χ0) is 20.3. The predicted molar refractivity (Wildman–Crippen MR) is 87.4 cm³/mol. The highest BCUT2D eigenvalue weighted by molar-refractivity contribution is 6.27. The molecule has 1 spiro atoms. The summed E-state index contributed by atoms with van der Waals surface area (Å²) in [7, 11) is 0. The number of hydrogen-bond acceptors (Lipinski definition) is 3. The molecule has 1 atom stereocenters. The molecule has 0 aromatic heterocycles. The Hall–Kier alpha value is -3.43. The quantitative estimate of drug-likeness (QED) is 0.467. The lowest BCUT2D eigenvalue weighted by atomic mass is 9.91. The number of nitrogens with zero attached hydrogens (tertiary/aromatic N) is 1. The van der Waals surface area contributed by atoms with Crippen LogP contribution in [0.5, 0.6) is 0 Å². The van der Waals surface area contributed by atoms with Crippen LogP contribution < -0.4 is 15.5 Å². The summed E-state index contributed by atoms with van der Waals surface area (Å²) in [5.74, 6) is -2.74. The van der Waals surface area contributed by atoms with Crippen molar-refractivity contribution in [3.8, 4) is 0 Å². The van der Waals surface area contributed by atoms with Crippen LogP contribution in [0.4, 0.5) is 28.0 Å². The summed E-state index contributed by atoms with van der Waals surface area (Å²) in [6.45, 7) is -0.516. The standard InChI is InChI=1S/C18H11F4N3O3/c19-10-5-6-13-12(7-10)17(14(26)23-16(28)24-17)15(27)25(13)8-9-3-1-2-4-11(9)18(20,21)22/h1-7H,8H2,(H2,23,24,26,28). The first kappa shape index (κ1) is 18.0. The molecule has 2 aliphatic heterocycles. The Morgan fingerprint density at radius 1 is 1.04 bits per heavy atom. The second-order valence-electron chi connectivity index (χ2n) is 6.37. The highest BCUT2D eigenvalue weighted by Crippen LogP contribution is 2.44. The zero-order valence-electron chi connectivity index (χ0n) is 13.9. The van der Waals surface area contributed by atoms with Gasteiger partial charge in [-0.25, -0.2) is 9.18 Å². The monoisotopic (exact) mass is 393 g/mol. The van der Waals surface area contributed by atoms with Crippen LogP contribution in [0.1, 0.15) is 16.7 Å². The van der Waals surface area contributed by atoms with Crippen molar-refractivity contribution in [2.75, 3.05) is 4.90 Å². The molecule has 2 aromatic rings. The van der Waals surface area contributed by atoms with E-state index in [9.17, 15) is 31.9 Å². The van der Waals surface area contributed by atoms with Crippen LogP contribution in [-0.4, -0.2) is 17.8 Å². The molecule has 2 aromatic carbocycles. The molecule has 1 fully saturated rings. The Morgan fingerprint density at radius 3 is 2.39 bits per heavy atom. The molecule has 144 valence electrons. The number of anilines is 1. The number of benzene rings is 2. The van der Waals surface area contributed by atoms with Crippen molar-refractivity contribution in [1.29, 1.82) is 0 Å². The maximum Gasteiger partial charge on any atom is 0.416 e. The fourth-order valence-corrected chi connectivity index (χ4v) is 3.53. The highest BCUT2D eigenvalue weighted by Gasteiger charge is 2.61. The van der Waals surface area contributed by atoms with Gasteiger partial charge in [0.2, 0.25) is 5.54 Å². The third-order valence-electron chi connectivity index (χ3n) is 4.74. The van der Waals surface area contributed by atoms with E-state index in [2.05, 4.69) is 5.32 Å². The fraction of sp³-hybridized carbons (Fsp3) is 0.167. The number of carbonyl (C=O) groups excluding carboxylic acids is 3. The van der Waals surface area contributed by atoms with Gasteiger partial charge in [0.15, 0.2) is 0 Å². The minimum atomic E-state index is -4.65. The van der Waals surface area contributed by atoms with Crippen molar-refractivity contribution < 1.29 is 31.9 Å². The second kappa shape index (κ2) is 5.78. The molecule has 4 amide bonds. The van der Waals surface area contributed by atoms with Gasteiger partial charge in [-0.05, 0) is 29.8 Å². The number of urea groups is 1. The van der Waals surface area contributed by atoms with Crippen molar-refractivity contribution in [2.24, 2.45) is 0 Å². The van der Waals surface area contributed by atoms with Crippen LogP contribution in [0.3, 0.4) is 0 Å². The van der Waals surface area contributed by atoms with Gasteiger partial charge in [-0.15, -0.1) is 0 Å². The van der Waals surface area contributed by atoms with Gasteiger partial charge < -0.3 is 10.2 Å². The molecule has 0 aliphatic carbocycles. The smallest absolute Gasteiger partial charge is 0.312 e. The van der Waals surface area contributed by atoms with E-state index in [1.165, 1.54) is 24.3 Å². The molecule has 1 unspecified atom stereocenters. The van der Waals surface area contributed by atoms with Crippen LogP contribution in [-0.2, 0) is 27.8 Å². The summed E-state index contributed by atoms with van der Waals surface area (Å²) in [6, 6.07) is 6.84. The van der Waals surface area contributed by atoms with Crippen LogP contribution in [0.25, 0.3) is 0 Å². The maximum absolute atomic E-state index is 13.8. The number of imide groups is 1. The minimum Gasteiger partial charge on any atom is -0.312 e. The minimum absolute atomic E-state index is 0.0423. The SMILES string of the molecule is O=C1NC(=O)C2(N1)C(=O)N(Cc1ccccc1C(F)(F)F)c1ccc(F)cc12. The third-order valence-corrected chi connectivity index (χ3v) is 4.74. The second-order valence-corrected chi connectivity index (χ2v) is 6.37. The van der Waals surface area contributed by atoms with E-state index in [0.29, 0.717) is 0 Å². The van der Waals surface area contributed by atoms with E-state index >= 15 is 0 Å². The summed E-state index contributed by atoms with van der Waals surface area (Å²) in [4.78, 5) is 38.0. The molecule has 2 heterocycles. The molecule has 1 saturated heterocycles. The largest absolute Gasteiger partial charge is 0.416 e. The zero-order valence-corrected chi connectivity index (χ0v) is 13.9. The lowest BCUT2D eigenvalue weighted by Gasteiger charge is -2.22. The Kier molecular flexibility index (Phi) is 3.71. The Bertz CT molecular complexity index is 1040. The van der Waals surface area contributed by atoms with Gasteiger partial charge in [-0.1, -0.05) is 18.2 Å². The van der Waals surface area contributed by atoms with Crippen molar-refractivity contribution in [3.63, 3.8) is 0 Å². The van der Waals surface area contributed by atoms with Gasteiger partial charge in [-0.3, -0.25) is 14.9 Å². The van der Waals surface area contributed by atoms with Crippen LogP contribution >= 0.6 is 0 Å². The number of hydrogen-bond donors (Lipinski definition) is 2.